The molecule has 1 aromatic rings. The molecular weight excluding hydrogens is 226 g/mol. The summed E-state index contributed by atoms with van der Waals surface area (Å²) in [5, 5.41) is 0.356. The number of rotatable bonds is 3. The molecule has 1 aliphatic heterocycles. The van der Waals surface area contributed by atoms with Crippen LogP contribution in [0.5, 0.6) is 0 Å². The number of hydrogen-bond acceptors (Lipinski definition) is 2. The molecule has 0 aromatic heterocycles. The summed E-state index contributed by atoms with van der Waals surface area (Å²) in [5.41, 5.74) is 1.00. The molecule has 0 saturated heterocycles. The van der Waals surface area contributed by atoms with E-state index >= 15 is 0 Å². The third-order valence-electron chi connectivity index (χ3n) is 2.68. The van der Waals surface area contributed by atoms with Gasteiger partial charge in [-0.1, -0.05) is 31.0 Å². The summed E-state index contributed by atoms with van der Waals surface area (Å²) >= 11 is 5.93. The van der Waals surface area contributed by atoms with Gasteiger partial charge in [-0.05, 0) is 18.6 Å². The van der Waals surface area contributed by atoms with Gasteiger partial charge in [-0.25, -0.2) is 0 Å². The molecular formula is C12H12ClNO2. The SMILES string of the molecule is CCCCN1C(=O)C(=O)c2c(Cl)cccc21. The van der Waals surface area contributed by atoms with Crippen molar-refractivity contribution in [1.29, 1.82) is 0 Å². The zero-order valence-electron chi connectivity index (χ0n) is 9.00. The summed E-state index contributed by atoms with van der Waals surface area (Å²) in [5.74, 6) is -0.951. The van der Waals surface area contributed by atoms with Crippen LogP contribution in [-0.4, -0.2) is 18.2 Å². The van der Waals surface area contributed by atoms with Gasteiger partial charge in [0.1, 0.15) is 0 Å². The molecule has 1 aliphatic rings. The van der Waals surface area contributed by atoms with Crippen LogP contribution in [-0.2, 0) is 4.79 Å². The molecule has 0 spiro atoms. The Balaban J connectivity index is 2.42. The van der Waals surface area contributed by atoms with Crippen molar-refractivity contribution in [1.82, 2.24) is 0 Å². The van der Waals surface area contributed by atoms with E-state index in [1.807, 2.05) is 6.92 Å². The summed E-state index contributed by atoms with van der Waals surface area (Å²) in [7, 11) is 0. The average molecular weight is 238 g/mol. The van der Waals surface area contributed by atoms with Crippen molar-refractivity contribution in [3.63, 3.8) is 0 Å². The van der Waals surface area contributed by atoms with Crippen molar-refractivity contribution in [2.75, 3.05) is 11.4 Å². The molecule has 0 saturated carbocycles. The van der Waals surface area contributed by atoms with Crippen LogP contribution in [0.1, 0.15) is 30.1 Å². The second kappa shape index (κ2) is 4.26. The lowest BCUT2D eigenvalue weighted by Gasteiger charge is -2.15. The Kier molecular flexibility index (Phi) is 2.97. The first kappa shape index (κ1) is 11.1. The smallest absolute Gasteiger partial charge is 0.299 e. The lowest BCUT2D eigenvalue weighted by atomic mass is 10.1. The van der Waals surface area contributed by atoms with Crippen molar-refractivity contribution in [2.24, 2.45) is 0 Å². The summed E-state index contributed by atoms with van der Waals surface area (Å²) in [6, 6.07) is 5.15. The molecule has 0 radical (unpaired) electrons. The van der Waals surface area contributed by atoms with Crippen LogP contribution in [0.15, 0.2) is 18.2 Å². The maximum Gasteiger partial charge on any atom is 0.299 e. The molecule has 1 heterocycles. The van der Waals surface area contributed by atoms with Crippen LogP contribution in [0.2, 0.25) is 5.02 Å². The monoisotopic (exact) mass is 237 g/mol. The molecule has 0 atom stereocenters. The summed E-state index contributed by atoms with van der Waals surface area (Å²) in [6.07, 6.45) is 1.86. The molecule has 0 fully saturated rings. The highest BCUT2D eigenvalue weighted by Crippen LogP contribution is 2.34. The lowest BCUT2D eigenvalue weighted by Crippen LogP contribution is -2.30. The molecule has 0 unspecified atom stereocenters. The van der Waals surface area contributed by atoms with Gasteiger partial charge in [0.15, 0.2) is 0 Å². The molecule has 2 rings (SSSR count). The topological polar surface area (TPSA) is 37.4 Å². The van der Waals surface area contributed by atoms with Crippen molar-refractivity contribution in [3.05, 3.63) is 28.8 Å². The number of hydrogen-bond donors (Lipinski definition) is 0. The van der Waals surface area contributed by atoms with Crippen LogP contribution >= 0.6 is 11.6 Å². The fraction of sp³-hybridized carbons (Fsp3) is 0.333. The standard InChI is InChI=1S/C12H12ClNO2/c1-2-3-7-14-9-6-4-5-8(13)10(9)11(15)12(14)16/h4-6H,2-3,7H2,1H3. The molecule has 16 heavy (non-hydrogen) atoms. The van der Waals surface area contributed by atoms with E-state index in [9.17, 15) is 9.59 Å². The van der Waals surface area contributed by atoms with Crippen molar-refractivity contribution >= 4 is 29.0 Å². The Morgan fingerprint density at radius 3 is 2.75 bits per heavy atom. The van der Waals surface area contributed by atoms with Gasteiger partial charge in [-0.15, -0.1) is 0 Å². The Morgan fingerprint density at radius 2 is 2.06 bits per heavy atom. The molecule has 1 amide bonds. The number of carbonyl (C=O) groups is 2. The zero-order chi connectivity index (χ0) is 11.7. The fourth-order valence-corrected chi connectivity index (χ4v) is 2.09. The van der Waals surface area contributed by atoms with Crippen LogP contribution in [0, 0.1) is 0 Å². The van der Waals surface area contributed by atoms with E-state index in [4.69, 9.17) is 11.6 Å². The van der Waals surface area contributed by atoms with E-state index < -0.39 is 11.7 Å². The minimum atomic E-state index is -0.489. The van der Waals surface area contributed by atoms with Crippen molar-refractivity contribution < 1.29 is 9.59 Å². The number of benzene rings is 1. The minimum Gasteiger partial charge on any atom is -0.305 e. The second-order valence-corrected chi connectivity index (χ2v) is 4.18. The Hall–Kier alpha value is -1.35. The van der Waals surface area contributed by atoms with Gasteiger partial charge in [-0.3, -0.25) is 9.59 Å². The highest BCUT2D eigenvalue weighted by Gasteiger charge is 2.36. The average Bonchev–Trinajstić information content (AvgIpc) is 2.51. The molecule has 1 aromatic carbocycles. The first-order chi connectivity index (χ1) is 7.66. The number of unbranched alkanes of at least 4 members (excludes halogenated alkanes) is 1. The first-order valence-corrected chi connectivity index (χ1v) is 5.69. The van der Waals surface area contributed by atoms with Gasteiger partial charge in [0.2, 0.25) is 0 Å². The highest BCUT2D eigenvalue weighted by molar-refractivity contribution is 6.55. The van der Waals surface area contributed by atoms with Crippen LogP contribution in [0.3, 0.4) is 0 Å². The van der Waals surface area contributed by atoms with Crippen molar-refractivity contribution in [2.45, 2.75) is 19.8 Å². The lowest BCUT2D eigenvalue weighted by molar-refractivity contribution is -0.114. The second-order valence-electron chi connectivity index (χ2n) is 3.77. The number of carbonyl (C=O) groups excluding carboxylic acids is 2. The zero-order valence-corrected chi connectivity index (χ0v) is 9.75. The van der Waals surface area contributed by atoms with Gasteiger partial charge in [0.25, 0.3) is 11.7 Å². The first-order valence-electron chi connectivity index (χ1n) is 5.31. The molecule has 84 valence electrons. The predicted octanol–water partition coefficient (Wildman–Crippen LogP) is 2.67. The van der Waals surface area contributed by atoms with E-state index in [0.29, 0.717) is 22.8 Å². The van der Waals surface area contributed by atoms with E-state index in [2.05, 4.69) is 0 Å². The van der Waals surface area contributed by atoms with E-state index in [1.165, 1.54) is 4.90 Å². The summed E-state index contributed by atoms with van der Waals surface area (Å²) < 4.78 is 0. The number of Topliss-reactive ketones (excluding diaryl/α,β-unsaturated/α-hetero) is 1. The quantitative estimate of drug-likeness (QED) is 0.758. The number of amides is 1. The molecule has 3 nitrogen and oxygen atoms in total. The number of fused-ring (bicyclic) bond motifs is 1. The Bertz CT molecular complexity index is 456. The van der Waals surface area contributed by atoms with E-state index in [1.54, 1.807) is 18.2 Å². The van der Waals surface area contributed by atoms with Gasteiger partial charge in [-0.2, -0.15) is 0 Å². The molecule has 4 heteroatoms. The number of anilines is 1. The normalized spacial score (nSPS) is 14.5. The summed E-state index contributed by atoms with van der Waals surface area (Å²) in [4.78, 5) is 25.0. The maximum atomic E-state index is 11.7. The summed E-state index contributed by atoms with van der Waals surface area (Å²) in [6.45, 7) is 2.62. The van der Waals surface area contributed by atoms with Gasteiger partial charge in [0, 0.05) is 6.54 Å². The number of nitrogens with zero attached hydrogens (tertiary/aromatic N) is 1. The van der Waals surface area contributed by atoms with Crippen LogP contribution in [0.25, 0.3) is 0 Å². The predicted molar refractivity (Wildman–Crippen MR) is 63.0 cm³/mol. The largest absolute Gasteiger partial charge is 0.305 e. The third-order valence-corrected chi connectivity index (χ3v) is 3.00. The number of ketones is 1. The van der Waals surface area contributed by atoms with Crippen molar-refractivity contribution in [3.8, 4) is 0 Å². The van der Waals surface area contributed by atoms with Gasteiger partial charge >= 0.3 is 0 Å². The fourth-order valence-electron chi connectivity index (χ4n) is 1.84. The van der Waals surface area contributed by atoms with Crippen LogP contribution < -0.4 is 4.90 Å². The van der Waals surface area contributed by atoms with E-state index in [-0.39, 0.29) is 0 Å². The minimum absolute atomic E-state index is 0.352. The Labute approximate surface area is 99.0 Å². The third kappa shape index (κ3) is 1.61. The number of halogens is 1. The van der Waals surface area contributed by atoms with Gasteiger partial charge < -0.3 is 4.90 Å². The molecule has 0 bridgehead atoms. The van der Waals surface area contributed by atoms with Gasteiger partial charge in [0.05, 0.1) is 16.3 Å². The Morgan fingerprint density at radius 1 is 1.31 bits per heavy atom. The highest BCUT2D eigenvalue weighted by atomic mass is 35.5. The molecule has 0 N–H and O–H groups in total. The van der Waals surface area contributed by atoms with E-state index in [0.717, 1.165) is 12.8 Å². The molecule has 0 aliphatic carbocycles. The van der Waals surface area contributed by atoms with Crippen LogP contribution in [0.4, 0.5) is 5.69 Å². The maximum absolute atomic E-state index is 11.7.